The largest absolute Gasteiger partial charge is 0.303 e. The molecule has 0 saturated heterocycles. The van der Waals surface area contributed by atoms with Gasteiger partial charge in [-0.25, -0.2) is 4.39 Å². The molecular formula is C14H20FNS. The molecule has 0 aromatic heterocycles. The van der Waals surface area contributed by atoms with E-state index in [-0.39, 0.29) is 5.82 Å². The standard InChI is InChI=1S/C14H20FNS/c1-11(12-3-4-12)16(2)9-10-17-14-7-5-13(15)6-8-14/h5-8,11-12H,3-4,9-10H2,1-2H3. The summed E-state index contributed by atoms with van der Waals surface area (Å²) in [5, 5.41) is 0. The Bertz CT molecular complexity index is 348. The van der Waals surface area contributed by atoms with Crippen LogP contribution in [0.1, 0.15) is 19.8 Å². The molecule has 1 atom stereocenters. The van der Waals surface area contributed by atoms with Crippen LogP contribution < -0.4 is 0 Å². The first-order valence-electron chi connectivity index (χ1n) is 6.25. The number of halogens is 1. The summed E-state index contributed by atoms with van der Waals surface area (Å²) in [6, 6.07) is 7.47. The highest BCUT2D eigenvalue weighted by atomic mass is 32.2. The van der Waals surface area contributed by atoms with Crippen molar-refractivity contribution in [2.75, 3.05) is 19.3 Å². The first kappa shape index (κ1) is 12.9. The maximum Gasteiger partial charge on any atom is 0.123 e. The van der Waals surface area contributed by atoms with Gasteiger partial charge in [0.1, 0.15) is 5.82 Å². The molecule has 0 amide bonds. The van der Waals surface area contributed by atoms with Gasteiger partial charge >= 0.3 is 0 Å². The summed E-state index contributed by atoms with van der Waals surface area (Å²) in [5.41, 5.74) is 0. The Morgan fingerprint density at radius 2 is 2.00 bits per heavy atom. The Hall–Kier alpha value is -0.540. The van der Waals surface area contributed by atoms with Gasteiger partial charge in [0, 0.05) is 23.2 Å². The first-order valence-corrected chi connectivity index (χ1v) is 7.24. The normalized spacial score (nSPS) is 17.4. The topological polar surface area (TPSA) is 3.24 Å². The number of rotatable bonds is 6. The molecule has 1 fully saturated rings. The van der Waals surface area contributed by atoms with Gasteiger partial charge in [0.25, 0.3) is 0 Å². The van der Waals surface area contributed by atoms with Gasteiger partial charge in [0.2, 0.25) is 0 Å². The Morgan fingerprint density at radius 1 is 1.35 bits per heavy atom. The molecule has 1 aliphatic rings. The number of benzene rings is 1. The predicted molar refractivity (Wildman–Crippen MR) is 71.9 cm³/mol. The van der Waals surface area contributed by atoms with Crippen LogP contribution in [0.4, 0.5) is 4.39 Å². The van der Waals surface area contributed by atoms with Gasteiger partial charge in [-0.2, -0.15) is 0 Å². The van der Waals surface area contributed by atoms with E-state index in [1.54, 1.807) is 11.8 Å². The fraction of sp³-hybridized carbons (Fsp3) is 0.571. The SMILES string of the molecule is CC(C1CC1)N(C)CCSc1ccc(F)cc1. The third kappa shape index (κ3) is 4.00. The highest BCUT2D eigenvalue weighted by Crippen LogP contribution is 2.34. The van der Waals surface area contributed by atoms with E-state index in [0.717, 1.165) is 23.1 Å². The Labute approximate surface area is 107 Å². The van der Waals surface area contributed by atoms with Gasteiger partial charge in [0.15, 0.2) is 0 Å². The summed E-state index contributed by atoms with van der Waals surface area (Å²) < 4.78 is 12.7. The highest BCUT2D eigenvalue weighted by molar-refractivity contribution is 7.99. The molecule has 0 bridgehead atoms. The second kappa shape index (κ2) is 5.87. The average Bonchev–Trinajstić information content (AvgIpc) is 3.14. The molecule has 0 heterocycles. The smallest absolute Gasteiger partial charge is 0.123 e. The van der Waals surface area contributed by atoms with Crippen LogP contribution in [0.25, 0.3) is 0 Å². The van der Waals surface area contributed by atoms with Crippen LogP contribution in [0, 0.1) is 11.7 Å². The van der Waals surface area contributed by atoms with E-state index in [1.807, 2.05) is 12.1 Å². The zero-order valence-corrected chi connectivity index (χ0v) is 11.3. The van der Waals surface area contributed by atoms with Crippen LogP contribution in [-0.2, 0) is 0 Å². The van der Waals surface area contributed by atoms with Crippen LogP contribution >= 0.6 is 11.8 Å². The number of hydrogen-bond donors (Lipinski definition) is 0. The third-order valence-electron chi connectivity index (χ3n) is 3.53. The maximum absolute atomic E-state index is 12.7. The number of nitrogens with zero attached hydrogens (tertiary/aromatic N) is 1. The highest BCUT2D eigenvalue weighted by Gasteiger charge is 2.29. The van der Waals surface area contributed by atoms with E-state index in [0.29, 0.717) is 6.04 Å². The monoisotopic (exact) mass is 253 g/mol. The zero-order valence-electron chi connectivity index (χ0n) is 10.5. The summed E-state index contributed by atoms with van der Waals surface area (Å²) >= 11 is 1.80. The van der Waals surface area contributed by atoms with E-state index in [1.165, 1.54) is 25.0 Å². The second-order valence-corrected chi connectivity index (χ2v) is 6.03. The van der Waals surface area contributed by atoms with Crippen molar-refractivity contribution in [1.82, 2.24) is 4.90 Å². The van der Waals surface area contributed by atoms with E-state index < -0.39 is 0 Å². The predicted octanol–water partition coefficient (Wildman–Crippen LogP) is 3.65. The molecule has 0 spiro atoms. The number of hydrogen-bond acceptors (Lipinski definition) is 2. The van der Waals surface area contributed by atoms with Crippen molar-refractivity contribution in [3.63, 3.8) is 0 Å². The fourth-order valence-corrected chi connectivity index (χ4v) is 2.92. The molecule has 1 aromatic rings. The van der Waals surface area contributed by atoms with Crippen molar-refractivity contribution in [3.05, 3.63) is 30.1 Å². The molecule has 0 radical (unpaired) electrons. The molecule has 1 nitrogen and oxygen atoms in total. The lowest BCUT2D eigenvalue weighted by atomic mass is 10.2. The van der Waals surface area contributed by atoms with Crippen molar-refractivity contribution in [2.24, 2.45) is 5.92 Å². The van der Waals surface area contributed by atoms with E-state index >= 15 is 0 Å². The molecule has 94 valence electrons. The Kier molecular flexibility index (Phi) is 4.46. The van der Waals surface area contributed by atoms with E-state index in [4.69, 9.17) is 0 Å². The molecule has 1 aliphatic carbocycles. The van der Waals surface area contributed by atoms with Crippen molar-refractivity contribution >= 4 is 11.8 Å². The van der Waals surface area contributed by atoms with Crippen LogP contribution in [0.15, 0.2) is 29.2 Å². The molecule has 1 unspecified atom stereocenters. The second-order valence-electron chi connectivity index (χ2n) is 4.86. The minimum atomic E-state index is -0.158. The molecule has 3 heteroatoms. The molecule has 1 aromatic carbocycles. The fourth-order valence-electron chi connectivity index (χ4n) is 1.98. The van der Waals surface area contributed by atoms with Gasteiger partial charge in [-0.05, 0) is 57.0 Å². The summed E-state index contributed by atoms with van der Waals surface area (Å²) in [5.74, 6) is 1.84. The zero-order chi connectivity index (χ0) is 12.3. The molecular weight excluding hydrogens is 233 g/mol. The summed E-state index contributed by atoms with van der Waals surface area (Å²) in [7, 11) is 2.20. The van der Waals surface area contributed by atoms with Gasteiger partial charge in [-0.15, -0.1) is 11.8 Å². The lowest BCUT2D eigenvalue weighted by Gasteiger charge is -2.24. The lowest BCUT2D eigenvalue weighted by molar-refractivity contribution is 0.248. The Morgan fingerprint density at radius 3 is 2.59 bits per heavy atom. The molecule has 2 rings (SSSR count). The van der Waals surface area contributed by atoms with Crippen molar-refractivity contribution in [2.45, 2.75) is 30.7 Å². The summed E-state index contributed by atoms with van der Waals surface area (Å²) in [6.45, 7) is 3.42. The minimum absolute atomic E-state index is 0.158. The third-order valence-corrected chi connectivity index (χ3v) is 4.52. The quantitative estimate of drug-likeness (QED) is 0.712. The molecule has 17 heavy (non-hydrogen) atoms. The van der Waals surface area contributed by atoms with Crippen LogP contribution in [0.2, 0.25) is 0 Å². The van der Waals surface area contributed by atoms with Crippen LogP contribution in [0.3, 0.4) is 0 Å². The van der Waals surface area contributed by atoms with Gasteiger partial charge < -0.3 is 4.90 Å². The molecule has 1 saturated carbocycles. The van der Waals surface area contributed by atoms with Gasteiger partial charge in [-0.1, -0.05) is 0 Å². The maximum atomic E-state index is 12.7. The van der Waals surface area contributed by atoms with Crippen molar-refractivity contribution in [1.29, 1.82) is 0 Å². The first-order chi connectivity index (χ1) is 8.16. The van der Waals surface area contributed by atoms with Crippen molar-refractivity contribution in [3.8, 4) is 0 Å². The van der Waals surface area contributed by atoms with Crippen LogP contribution in [-0.4, -0.2) is 30.3 Å². The minimum Gasteiger partial charge on any atom is -0.303 e. The van der Waals surface area contributed by atoms with Gasteiger partial charge in [0.05, 0.1) is 0 Å². The lowest BCUT2D eigenvalue weighted by Crippen LogP contribution is -2.32. The van der Waals surface area contributed by atoms with Crippen LogP contribution in [0.5, 0.6) is 0 Å². The summed E-state index contributed by atoms with van der Waals surface area (Å²) in [4.78, 5) is 3.59. The average molecular weight is 253 g/mol. The van der Waals surface area contributed by atoms with E-state index in [9.17, 15) is 4.39 Å². The van der Waals surface area contributed by atoms with Gasteiger partial charge in [-0.3, -0.25) is 0 Å². The van der Waals surface area contributed by atoms with E-state index in [2.05, 4.69) is 18.9 Å². The number of thioether (sulfide) groups is 1. The molecule has 0 aliphatic heterocycles. The summed E-state index contributed by atoms with van der Waals surface area (Å²) in [6.07, 6.45) is 2.80. The van der Waals surface area contributed by atoms with Crippen molar-refractivity contribution < 1.29 is 4.39 Å². The Balaban J connectivity index is 1.69. The molecule has 0 N–H and O–H groups in total.